The molecule has 0 saturated heterocycles. The minimum Gasteiger partial charge on any atom is -0.340 e. The Labute approximate surface area is 93.9 Å². The molecule has 0 radical (unpaired) electrons. The number of aromatic nitrogens is 1. The molecule has 1 aromatic heterocycles. The first-order valence-electron chi connectivity index (χ1n) is 5.79. The lowest BCUT2D eigenvalue weighted by atomic mass is 10.0. The van der Waals surface area contributed by atoms with Crippen LogP contribution in [0.2, 0.25) is 0 Å². The van der Waals surface area contributed by atoms with Crippen LogP contribution >= 0.6 is 0 Å². The lowest BCUT2D eigenvalue weighted by Gasteiger charge is -2.25. The van der Waals surface area contributed by atoms with Gasteiger partial charge in [-0.25, -0.2) is 4.39 Å². The van der Waals surface area contributed by atoms with Crippen molar-refractivity contribution in [2.24, 2.45) is 5.73 Å². The minimum atomic E-state index is -0.172. The second-order valence-corrected chi connectivity index (χ2v) is 4.49. The van der Waals surface area contributed by atoms with Gasteiger partial charge in [0.05, 0.1) is 5.52 Å². The Hall–Kier alpha value is -1.35. The van der Waals surface area contributed by atoms with Crippen molar-refractivity contribution in [1.82, 2.24) is 4.57 Å². The number of hydrogen-bond acceptors (Lipinski definition) is 1. The Balaban J connectivity index is 2.27. The summed E-state index contributed by atoms with van der Waals surface area (Å²) < 4.78 is 15.5. The van der Waals surface area contributed by atoms with Crippen molar-refractivity contribution in [2.75, 3.05) is 6.54 Å². The minimum absolute atomic E-state index is 0.172. The van der Waals surface area contributed by atoms with Gasteiger partial charge in [0.1, 0.15) is 5.82 Å². The van der Waals surface area contributed by atoms with Crippen LogP contribution in [0.25, 0.3) is 10.9 Å². The predicted octanol–water partition coefficient (Wildman–Crippen LogP) is 2.62. The fraction of sp³-hybridized carbons (Fsp3) is 0.385. The summed E-state index contributed by atoms with van der Waals surface area (Å²) in [4.78, 5) is 0. The van der Waals surface area contributed by atoms with Crippen LogP contribution in [0.4, 0.5) is 4.39 Å². The summed E-state index contributed by atoms with van der Waals surface area (Å²) in [5.74, 6) is -0.172. The van der Waals surface area contributed by atoms with Crippen molar-refractivity contribution in [1.29, 1.82) is 0 Å². The summed E-state index contributed by atoms with van der Waals surface area (Å²) >= 11 is 0. The van der Waals surface area contributed by atoms with Crippen molar-refractivity contribution in [3.63, 3.8) is 0 Å². The molecular weight excluding hydrogens is 203 g/mol. The molecule has 0 amide bonds. The van der Waals surface area contributed by atoms with Gasteiger partial charge in [-0.05, 0) is 43.5 Å². The number of nitrogens with two attached hydrogens (primary N) is 1. The van der Waals surface area contributed by atoms with Gasteiger partial charge in [0.25, 0.3) is 0 Å². The van der Waals surface area contributed by atoms with Gasteiger partial charge in [0.2, 0.25) is 0 Å². The molecule has 1 atom stereocenters. The summed E-state index contributed by atoms with van der Waals surface area (Å²) in [6, 6.07) is 7.49. The van der Waals surface area contributed by atoms with Gasteiger partial charge in [-0.1, -0.05) is 0 Å². The van der Waals surface area contributed by atoms with E-state index in [0.717, 1.165) is 23.7 Å². The third-order valence-electron chi connectivity index (χ3n) is 3.49. The summed E-state index contributed by atoms with van der Waals surface area (Å²) in [5, 5.41) is 1.12. The standard InChI is InChI=1S/C13H15FN2/c14-10-5-4-9-6-11-2-1-3-12(8-15)16(11)13(9)7-10/h4-7,12H,1-3,8,15H2. The molecule has 1 aliphatic rings. The molecular formula is C13H15FN2. The third-order valence-corrected chi connectivity index (χ3v) is 3.49. The van der Waals surface area contributed by atoms with Crippen LogP contribution in [-0.2, 0) is 6.42 Å². The largest absolute Gasteiger partial charge is 0.340 e. The number of halogens is 1. The van der Waals surface area contributed by atoms with E-state index < -0.39 is 0 Å². The Kier molecular flexibility index (Phi) is 2.21. The van der Waals surface area contributed by atoms with Gasteiger partial charge in [-0.3, -0.25) is 0 Å². The van der Waals surface area contributed by atoms with E-state index in [-0.39, 0.29) is 5.82 Å². The van der Waals surface area contributed by atoms with Crippen LogP contribution in [0.15, 0.2) is 24.3 Å². The molecule has 2 N–H and O–H groups in total. The predicted molar refractivity (Wildman–Crippen MR) is 62.9 cm³/mol. The van der Waals surface area contributed by atoms with Gasteiger partial charge < -0.3 is 10.3 Å². The molecule has 1 aliphatic heterocycles. The molecule has 3 heteroatoms. The molecule has 2 heterocycles. The molecule has 84 valence electrons. The Morgan fingerprint density at radius 3 is 3.06 bits per heavy atom. The molecule has 3 rings (SSSR count). The van der Waals surface area contributed by atoms with Gasteiger partial charge in [0.15, 0.2) is 0 Å². The van der Waals surface area contributed by atoms with E-state index in [2.05, 4.69) is 10.6 Å². The maximum atomic E-state index is 13.3. The monoisotopic (exact) mass is 218 g/mol. The van der Waals surface area contributed by atoms with Crippen LogP contribution in [0, 0.1) is 5.82 Å². The number of benzene rings is 1. The lowest BCUT2D eigenvalue weighted by molar-refractivity contribution is 0.420. The van der Waals surface area contributed by atoms with Gasteiger partial charge in [-0.15, -0.1) is 0 Å². The Morgan fingerprint density at radius 1 is 1.38 bits per heavy atom. The highest BCUT2D eigenvalue weighted by molar-refractivity contribution is 5.81. The average molecular weight is 218 g/mol. The highest BCUT2D eigenvalue weighted by Gasteiger charge is 2.20. The van der Waals surface area contributed by atoms with Crippen LogP contribution in [-0.4, -0.2) is 11.1 Å². The molecule has 0 bridgehead atoms. The molecule has 2 nitrogen and oxygen atoms in total. The number of fused-ring (bicyclic) bond motifs is 3. The second-order valence-electron chi connectivity index (χ2n) is 4.49. The zero-order valence-electron chi connectivity index (χ0n) is 9.12. The molecule has 2 aromatic rings. The molecule has 0 spiro atoms. The fourth-order valence-corrected chi connectivity index (χ4v) is 2.75. The molecule has 16 heavy (non-hydrogen) atoms. The zero-order chi connectivity index (χ0) is 11.1. The molecule has 0 fully saturated rings. The van der Waals surface area contributed by atoms with E-state index in [1.807, 2.05) is 6.07 Å². The first-order valence-corrected chi connectivity index (χ1v) is 5.79. The number of aryl methyl sites for hydroxylation is 1. The second kappa shape index (κ2) is 3.59. The highest BCUT2D eigenvalue weighted by Crippen LogP contribution is 2.31. The van der Waals surface area contributed by atoms with Crippen molar-refractivity contribution in [3.8, 4) is 0 Å². The maximum absolute atomic E-state index is 13.3. The first-order chi connectivity index (χ1) is 7.79. The van der Waals surface area contributed by atoms with Crippen molar-refractivity contribution < 1.29 is 4.39 Å². The van der Waals surface area contributed by atoms with Crippen molar-refractivity contribution in [3.05, 3.63) is 35.8 Å². The van der Waals surface area contributed by atoms with Gasteiger partial charge in [0, 0.05) is 23.7 Å². The van der Waals surface area contributed by atoms with Crippen molar-refractivity contribution >= 4 is 10.9 Å². The van der Waals surface area contributed by atoms with Crippen LogP contribution in [0.5, 0.6) is 0 Å². The smallest absolute Gasteiger partial charge is 0.125 e. The first kappa shape index (κ1) is 9.85. The van der Waals surface area contributed by atoms with E-state index >= 15 is 0 Å². The third kappa shape index (κ3) is 1.35. The molecule has 0 aliphatic carbocycles. The van der Waals surface area contributed by atoms with E-state index in [1.54, 1.807) is 6.07 Å². The molecule has 0 saturated carbocycles. The van der Waals surface area contributed by atoms with Gasteiger partial charge in [-0.2, -0.15) is 0 Å². The highest BCUT2D eigenvalue weighted by atomic mass is 19.1. The quantitative estimate of drug-likeness (QED) is 0.783. The molecule has 1 unspecified atom stereocenters. The Morgan fingerprint density at radius 2 is 2.25 bits per heavy atom. The normalized spacial score (nSPS) is 20.0. The maximum Gasteiger partial charge on any atom is 0.125 e. The topological polar surface area (TPSA) is 30.9 Å². The Bertz CT molecular complexity index is 530. The van der Waals surface area contributed by atoms with E-state index in [0.29, 0.717) is 12.6 Å². The van der Waals surface area contributed by atoms with E-state index in [4.69, 9.17) is 5.73 Å². The SMILES string of the molecule is NCC1CCCc2cc3ccc(F)cc3n21. The van der Waals surface area contributed by atoms with E-state index in [1.165, 1.54) is 18.2 Å². The van der Waals surface area contributed by atoms with E-state index in [9.17, 15) is 4.39 Å². The summed E-state index contributed by atoms with van der Waals surface area (Å²) in [5.41, 5.74) is 8.08. The van der Waals surface area contributed by atoms with Gasteiger partial charge >= 0.3 is 0 Å². The summed E-state index contributed by atoms with van der Waals surface area (Å²) in [7, 11) is 0. The number of nitrogens with zero attached hydrogens (tertiary/aromatic N) is 1. The average Bonchev–Trinajstić information content (AvgIpc) is 2.66. The van der Waals surface area contributed by atoms with Crippen LogP contribution < -0.4 is 5.73 Å². The van der Waals surface area contributed by atoms with Crippen LogP contribution in [0.3, 0.4) is 0 Å². The van der Waals surface area contributed by atoms with Crippen molar-refractivity contribution in [2.45, 2.75) is 25.3 Å². The van der Waals surface area contributed by atoms with Crippen LogP contribution in [0.1, 0.15) is 24.6 Å². The summed E-state index contributed by atoms with van der Waals surface area (Å²) in [6.45, 7) is 0.632. The fourth-order valence-electron chi connectivity index (χ4n) is 2.75. The number of hydrogen-bond donors (Lipinski definition) is 1. The number of rotatable bonds is 1. The summed E-state index contributed by atoms with van der Waals surface area (Å²) in [6.07, 6.45) is 3.36. The molecule has 1 aromatic carbocycles. The zero-order valence-corrected chi connectivity index (χ0v) is 9.12. The lowest BCUT2D eigenvalue weighted by Crippen LogP contribution is -2.24.